The van der Waals surface area contributed by atoms with Crippen molar-refractivity contribution in [3.63, 3.8) is 0 Å². The zero-order valence-corrected chi connectivity index (χ0v) is 13.9. The Labute approximate surface area is 134 Å². The van der Waals surface area contributed by atoms with Crippen LogP contribution in [0.1, 0.15) is 77.6 Å². The Hall–Kier alpha value is -1.10. The maximum Gasteiger partial charge on any atom is 0.321 e. The van der Waals surface area contributed by atoms with Crippen molar-refractivity contribution in [2.24, 2.45) is 0 Å². The molecule has 4 N–H and O–H groups in total. The van der Waals surface area contributed by atoms with E-state index in [0.717, 1.165) is 12.8 Å². The average Bonchev–Trinajstić information content (AvgIpc) is 2.76. The number of hydrogen-bond donors (Lipinski definition) is 3. The summed E-state index contributed by atoms with van der Waals surface area (Å²) in [4.78, 5) is 24.1. The summed E-state index contributed by atoms with van der Waals surface area (Å²) < 4.78 is 0. The van der Waals surface area contributed by atoms with Crippen LogP contribution in [0, 0.1) is 0 Å². The van der Waals surface area contributed by atoms with Crippen molar-refractivity contribution in [2.45, 2.75) is 95.7 Å². The predicted molar refractivity (Wildman–Crippen MR) is 86.4 cm³/mol. The Balaban J connectivity index is 1.69. The van der Waals surface area contributed by atoms with Gasteiger partial charge in [0.25, 0.3) is 5.91 Å². The van der Waals surface area contributed by atoms with Gasteiger partial charge in [-0.3, -0.25) is 10.1 Å². The van der Waals surface area contributed by atoms with Crippen LogP contribution in [0.2, 0.25) is 0 Å². The van der Waals surface area contributed by atoms with E-state index in [1.165, 1.54) is 57.8 Å². The largest absolute Gasteiger partial charge is 0.335 e. The van der Waals surface area contributed by atoms with Gasteiger partial charge in [-0.2, -0.15) is 0 Å². The summed E-state index contributed by atoms with van der Waals surface area (Å²) in [6.07, 6.45) is 13.2. The first-order chi connectivity index (χ1) is 10.6. The van der Waals surface area contributed by atoms with E-state index in [-0.39, 0.29) is 24.0 Å². The van der Waals surface area contributed by atoms with Crippen LogP contribution in [0.15, 0.2) is 0 Å². The molecule has 2 rings (SSSR count). The zero-order valence-electron chi connectivity index (χ0n) is 13.9. The standard InChI is InChI=1S/C17H31N3O2/c1-13(18-14-9-5-2-3-6-10-14)16(21)20-17(22)19-15-11-7-4-8-12-15/h13-15,18H,2-12H2,1H3,(H2,19,20,21,22)/p+1/t13-/m0/s1. The van der Waals surface area contributed by atoms with E-state index in [1.807, 2.05) is 6.92 Å². The van der Waals surface area contributed by atoms with Crippen molar-refractivity contribution < 1.29 is 14.9 Å². The Kier molecular flexibility index (Phi) is 7.16. The number of carbonyl (C=O) groups excluding carboxylic acids is 2. The first-order valence-corrected chi connectivity index (χ1v) is 9.11. The minimum absolute atomic E-state index is 0.169. The molecule has 0 aliphatic heterocycles. The van der Waals surface area contributed by atoms with E-state index in [9.17, 15) is 9.59 Å². The number of carbonyl (C=O) groups is 2. The number of nitrogens with two attached hydrogens (primary N) is 1. The summed E-state index contributed by atoms with van der Waals surface area (Å²) in [7, 11) is 0. The fraction of sp³-hybridized carbons (Fsp3) is 0.882. The van der Waals surface area contributed by atoms with Crippen LogP contribution in [0.3, 0.4) is 0 Å². The molecule has 0 spiro atoms. The SMILES string of the molecule is C[C@H]([NH2+]C1CCCCCC1)C(=O)NC(=O)NC1CCCCC1. The van der Waals surface area contributed by atoms with E-state index in [2.05, 4.69) is 16.0 Å². The highest BCUT2D eigenvalue weighted by molar-refractivity contribution is 5.96. The fourth-order valence-corrected chi connectivity index (χ4v) is 3.69. The van der Waals surface area contributed by atoms with Crippen molar-refractivity contribution >= 4 is 11.9 Å². The minimum Gasteiger partial charge on any atom is -0.335 e. The Bertz CT molecular complexity index is 359. The number of imide groups is 1. The fourth-order valence-electron chi connectivity index (χ4n) is 3.69. The van der Waals surface area contributed by atoms with Crippen LogP contribution in [-0.4, -0.2) is 30.1 Å². The van der Waals surface area contributed by atoms with Crippen LogP contribution in [0.5, 0.6) is 0 Å². The molecule has 0 saturated heterocycles. The number of amides is 3. The molecule has 0 unspecified atom stereocenters. The van der Waals surface area contributed by atoms with Gasteiger partial charge in [-0.15, -0.1) is 0 Å². The highest BCUT2D eigenvalue weighted by atomic mass is 16.2. The molecule has 2 fully saturated rings. The molecule has 126 valence electrons. The van der Waals surface area contributed by atoms with Gasteiger partial charge in [0.15, 0.2) is 6.04 Å². The van der Waals surface area contributed by atoms with Gasteiger partial charge in [0.1, 0.15) is 0 Å². The molecule has 0 heterocycles. The molecule has 2 aliphatic rings. The lowest BCUT2D eigenvalue weighted by Gasteiger charge is -2.23. The Morgan fingerprint density at radius 3 is 2.09 bits per heavy atom. The second-order valence-electron chi connectivity index (χ2n) is 7.03. The van der Waals surface area contributed by atoms with Gasteiger partial charge in [0.05, 0.1) is 6.04 Å². The maximum atomic E-state index is 12.2. The normalized spacial score (nSPS) is 22.6. The van der Waals surface area contributed by atoms with Crippen molar-refractivity contribution in [1.82, 2.24) is 10.6 Å². The summed E-state index contributed by atoms with van der Waals surface area (Å²) in [5, 5.41) is 7.59. The molecule has 5 heteroatoms. The number of quaternary nitrogens is 1. The molecule has 2 aliphatic carbocycles. The van der Waals surface area contributed by atoms with Crippen LogP contribution in [-0.2, 0) is 4.79 Å². The molecular weight excluding hydrogens is 278 g/mol. The quantitative estimate of drug-likeness (QED) is 0.693. The van der Waals surface area contributed by atoms with Crippen LogP contribution >= 0.6 is 0 Å². The molecule has 0 bridgehead atoms. The number of urea groups is 1. The number of nitrogens with one attached hydrogen (secondary N) is 2. The van der Waals surface area contributed by atoms with E-state index >= 15 is 0 Å². The first-order valence-electron chi connectivity index (χ1n) is 9.11. The van der Waals surface area contributed by atoms with E-state index in [4.69, 9.17) is 0 Å². The minimum atomic E-state index is -0.321. The molecule has 0 aromatic carbocycles. The zero-order chi connectivity index (χ0) is 15.8. The van der Waals surface area contributed by atoms with E-state index < -0.39 is 0 Å². The van der Waals surface area contributed by atoms with Gasteiger partial charge >= 0.3 is 6.03 Å². The lowest BCUT2D eigenvalue weighted by atomic mass is 9.96. The topological polar surface area (TPSA) is 74.8 Å². The summed E-state index contributed by atoms with van der Waals surface area (Å²) >= 11 is 0. The third kappa shape index (κ3) is 5.95. The number of hydrogen-bond acceptors (Lipinski definition) is 2. The van der Waals surface area contributed by atoms with Gasteiger partial charge in [-0.1, -0.05) is 32.1 Å². The van der Waals surface area contributed by atoms with Gasteiger partial charge in [0.2, 0.25) is 0 Å². The molecule has 0 aromatic rings. The third-order valence-electron chi connectivity index (χ3n) is 5.05. The van der Waals surface area contributed by atoms with Crippen molar-refractivity contribution in [3.05, 3.63) is 0 Å². The summed E-state index contributed by atoms with van der Waals surface area (Å²) in [6.45, 7) is 1.90. The second kappa shape index (κ2) is 9.13. The average molecular weight is 310 g/mol. The van der Waals surface area contributed by atoms with Gasteiger partial charge in [-0.25, -0.2) is 4.79 Å². The van der Waals surface area contributed by atoms with E-state index in [1.54, 1.807) is 0 Å². The summed E-state index contributed by atoms with van der Waals surface area (Å²) in [6, 6.07) is 0.255. The van der Waals surface area contributed by atoms with Crippen molar-refractivity contribution in [2.75, 3.05) is 0 Å². The van der Waals surface area contributed by atoms with E-state index in [0.29, 0.717) is 6.04 Å². The number of rotatable bonds is 4. The van der Waals surface area contributed by atoms with Crippen LogP contribution < -0.4 is 16.0 Å². The highest BCUT2D eigenvalue weighted by Gasteiger charge is 2.25. The van der Waals surface area contributed by atoms with Crippen molar-refractivity contribution in [1.29, 1.82) is 0 Å². The highest BCUT2D eigenvalue weighted by Crippen LogP contribution is 2.17. The molecule has 22 heavy (non-hydrogen) atoms. The smallest absolute Gasteiger partial charge is 0.321 e. The predicted octanol–water partition coefficient (Wildman–Crippen LogP) is 1.82. The molecule has 2 saturated carbocycles. The molecule has 3 amide bonds. The summed E-state index contributed by atoms with van der Waals surface area (Å²) in [5.41, 5.74) is 0. The van der Waals surface area contributed by atoms with Gasteiger partial charge < -0.3 is 10.6 Å². The third-order valence-corrected chi connectivity index (χ3v) is 5.05. The van der Waals surface area contributed by atoms with Gasteiger partial charge in [0, 0.05) is 6.04 Å². The maximum absolute atomic E-state index is 12.2. The van der Waals surface area contributed by atoms with Crippen molar-refractivity contribution in [3.8, 4) is 0 Å². The molecule has 0 aromatic heterocycles. The lowest BCUT2D eigenvalue weighted by molar-refractivity contribution is -0.707. The monoisotopic (exact) mass is 310 g/mol. The lowest BCUT2D eigenvalue weighted by Crippen LogP contribution is -2.96. The van der Waals surface area contributed by atoms with Crippen LogP contribution in [0.25, 0.3) is 0 Å². The second-order valence-corrected chi connectivity index (χ2v) is 7.03. The summed E-state index contributed by atoms with van der Waals surface area (Å²) in [5.74, 6) is -0.169. The van der Waals surface area contributed by atoms with Crippen LogP contribution in [0.4, 0.5) is 4.79 Å². The molecule has 0 radical (unpaired) electrons. The first kappa shape index (κ1) is 17.3. The Morgan fingerprint density at radius 2 is 1.45 bits per heavy atom. The molecule has 1 atom stereocenters. The molecule has 5 nitrogen and oxygen atoms in total. The molecular formula is C17H32N3O2+. The van der Waals surface area contributed by atoms with Gasteiger partial charge in [-0.05, 0) is 45.4 Å². The Morgan fingerprint density at radius 1 is 0.909 bits per heavy atom.